The molecule has 1 saturated carbocycles. The van der Waals surface area contributed by atoms with Gasteiger partial charge in [0.1, 0.15) is 0 Å². The number of rotatable bonds is 4. The Bertz CT molecular complexity index is 661. The zero-order chi connectivity index (χ0) is 14.3. The summed E-state index contributed by atoms with van der Waals surface area (Å²) in [6.07, 6.45) is 2.10. The molecular weight excluding hydrogens is 410 g/mol. The van der Waals surface area contributed by atoms with Crippen molar-refractivity contribution in [1.29, 1.82) is 0 Å². The summed E-state index contributed by atoms with van der Waals surface area (Å²) < 4.78 is 12.6. The van der Waals surface area contributed by atoms with E-state index in [1.54, 1.807) is 6.92 Å². The lowest BCUT2D eigenvalue weighted by Gasteiger charge is -1.98. The second-order valence-corrected chi connectivity index (χ2v) is 8.22. The van der Waals surface area contributed by atoms with Crippen molar-refractivity contribution >= 4 is 49.2 Å². The quantitative estimate of drug-likeness (QED) is 0.654. The minimum absolute atomic E-state index is 0.249. The molecule has 0 bridgehead atoms. The van der Waals surface area contributed by atoms with Gasteiger partial charge in [0, 0.05) is 5.92 Å². The largest absolute Gasteiger partial charge is 0.460 e. The number of hydrogen-bond donors (Lipinski definition) is 0. The maximum absolute atomic E-state index is 12.0. The molecule has 0 amide bonds. The van der Waals surface area contributed by atoms with E-state index in [2.05, 4.69) is 36.8 Å². The summed E-state index contributed by atoms with van der Waals surface area (Å²) in [7, 11) is 0. The highest BCUT2D eigenvalue weighted by Gasteiger charge is 2.34. The minimum atomic E-state index is -0.432. The molecule has 0 aromatic carbocycles. The van der Waals surface area contributed by atoms with Crippen LogP contribution in [0.15, 0.2) is 18.1 Å². The van der Waals surface area contributed by atoms with Crippen LogP contribution in [0.3, 0.4) is 0 Å². The van der Waals surface area contributed by atoms with E-state index in [-0.39, 0.29) is 5.76 Å². The zero-order valence-electron chi connectivity index (χ0n) is 10.6. The van der Waals surface area contributed by atoms with Gasteiger partial charge in [-0.3, -0.25) is 0 Å². The molecule has 2 heterocycles. The van der Waals surface area contributed by atoms with Crippen LogP contribution in [0.4, 0.5) is 0 Å². The monoisotopic (exact) mass is 419 g/mol. The average molecular weight is 421 g/mol. The lowest BCUT2D eigenvalue weighted by Crippen LogP contribution is -2.05. The number of carbonyl (C=O) groups is 1. The summed E-state index contributed by atoms with van der Waals surface area (Å²) in [4.78, 5) is 16.5. The highest BCUT2D eigenvalue weighted by molar-refractivity contribution is 9.12. The Hall–Kier alpha value is -0.660. The van der Waals surface area contributed by atoms with Gasteiger partial charge >= 0.3 is 5.97 Å². The molecule has 0 radical (unpaired) electrons. The first-order chi connectivity index (χ1) is 9.60. The first-order valence-electron chi connectivity index (χ1n) is 6.23. The summed E-state index contributed by atoms with van der Waals surface area (Å²) >= 11 is 8.45. The summed E-state index contributed by atoms with van der Waals surface area (Å²) in [5.74, 6) is 0.605. The van der Waals surface area contributed by atoms with E-state index in [9.17, 15) is 4.79 Å². The molecule has 106 valence electrons. The zero-order valence-corrected chi connectivity index (χ0v) is 14.6. The molecule has 1 aliphatic carbocycles. The van der Waals surface area contributed by atoms with Gasteiger partial charge in [-0.1, -0.05) is 0 Å². The number of carbonyl (C=O) groups excluding carboxylic acids is 1. The van der Waals surface area contributed by atoms with E-state index >= 15 is 0 Å². The summed E-state index contributed by atoms with van der Waals surface area (Å²) in [5.41, 5.74) is 1.58. The van der Waals surface area contributed by atoms with Crippen LogP contribution in [0, 0.1) is 0 Å². The number of nitrogens with zero attached hydrogens (tertiary/aromatic N) is 1. The molecule has 1 fully saturated rings. The molecule has 4 nitrogen and oxygen atoms in total. The number of esters is 1. The maximum Gasteiger partial charge on any atom is 0.376 e. The van der Waals surface area contributed by atoms with Crippen molar-refractivity contribution in [3.05, 3.63) is 25.1 Å². The third kappa shape index (κ3) is 2.71. The van der Waals surface area contributed by atoms with Crippen LogP contribution < -0.4 is 0 Å². The lowest BCUT2D eigenvalue weighted by molar-refractivity contribution is 0.0489. The van der Waals surface area contributed by atoms with E-state index in [4.69, 9.17) is 9.15 Å². The third-order valence-corrected chi connectivity index (χ3v) is 5.30. The molecule has 0 atom stereocenters. The molecule has 2 aromatic rings. The van der Waals surface area contributed by atoms with Crippen LogP contribution in [-0.2, 0) is 4.74 Å². The Morgan fingerprint density at radius 3 is 2.85 bits per heavy atom. The molecule has 0 N–H and O–H groups in total. The van der Waals surface area contributed by atoms with Crippen LogP contribution in [0.1, 0.15) is 41.9 Å². The number of hydrogen-bond acceptors (Lipinski definition) is 5. The van der Waals surface area contributed by atoms with E-state index in [0.717, 1.165) is 31.7 Å². The van der Waals surface area contributed by atoms with Gasteiger partial charge in [-0.05, 0) is 57.7 Å². The number of ether oxygens (including phenoxy) is 1. The number of oxazole rings is 1. The molecular formula is C13H11Br2NO3S. The standard InChI is InChI=1S/C13H11Br2NO3S/c1-2-18-13(17)10-9(6-3-4-6)16-12(19-10)7-5-8(14)20-11(7)15/h5-6H,2-4H2,1H3. The molecule has 0 saturated heterocycles. The maximum atomic E-state index is 12.0. The van der Waals surface area contributed by atoms with Crippen molar-refractivity contribution in [1.82, 2.24) is 4.98 Å². The third-order valence-electron chi connectivity index (χ3n) is 2.97. The topological polar surface area (TPSA) is 52.3 Å². The number of thiophene rings is 1. The van der Waals surface area contributed by atoms with Crippen LogP contribution in [-0.4, -0.2) is 17.6 Å². The molecule has 2 aromatic heterocycles. The van der Waals surface area contributed by atoms with Gasteiger partial charge in [-0.2, -0.15) is 0 Å². The van der Waals surface area contributed by atoms with Crippen molar-refractivity contribution in [3.8, 4) is 11.5 Å². The summed E-state index contributed by atoms with van der Waals surface area (Å²) in [6, 6.07) is 1.92. The van der Waals surface area contributed by atoms with Gasteiger partial charge in [0.15, 0.2) is 0 Å². The first-order valence-corrected chi connectivity index (χ1v) is 8.63. The fraction of sp³-hybridized carbons (Fsp3) is 0.385. The number of halogens is 2. The Morgan fingerprint density at radius 1 is 1.55 bits per heavy atom. The molecule has 20 heavy (non-hydrogen) atoms. The summed E-state index contributed by atoms with van der Waals surface area (Å²) in [6.45, 7) is 2.10. The normalized spacial score (nSPS) is 14.6. The van der Waals surface area contributed by atoms with Gasteiger partial charge in [0.2, 0.25) is 11.7 Å². The van der Waals surface area contributed by atoms with Crippen LogP contribution in [0.2, 0.25) is 0 Å². The molecule has 0 spiro atoms. The van der Waals surface area contributed by atoms with Gasteiger partial charge in [-0.15, -0.1) is 11.3 Å². The average Bonchev–Trinajstić information content (AvgIpc) is 3.06. The summed E-state index contributed by atoms with van der Waals surface area (Å²) in [5, 5.41) is 0. The highest BCUT2D eigenvalue weighted by Crippen LogP contribution is 2.44. The van der Waals surface area contributed by atoms with Crippen molar-refractivity contribution in [2.24, 2.45) is 0 Å². The fourth-order valence-electron chi connectivity index (χ4n) is 1.91. The van der Waals surface area contributed by atoms with E-state index < -0.39 is 5.97 Å². The predicted molar refractivity (Wildman–Crippen MR) is 83.1 cm³/mol. The molecule has 0 unspecified atom stereocenters. The Morgan fingerprint density at radius 2 is 2.30 bits per heavy atom. The van der Waals surface area contributed by atoms with Gasteiger partial charge in [0.05, 0.1) is 25.4 Å². The molecule has 3 rings (SSSR count). The highest BCUT2D eigenvalue weighted by atomic mass is 79.9. The lowest BCUT2D eigenvalue weighted by atomic mass is 10.2. The van der Waals surface area contributed by atoms with Crippen LogP contribution in [0.5, 0.6) is 0 Å². The molecule has 1 aliphatic rings. The first kappa shape index (κ1) is 14.3. The fourth-order valence-corrected chi connectivity index (χ4v) is 4.69. The van der Waals surface area contributed by atoms with E-state index in [1.807, 2.05) is 6.07 Å². The smallest absolute Gasteiger partial charge is 0.376 e. The van der Waals surface area contributed by atoms with Gasteiger partial charge in [0.25, 0.3) is 0 Å². The van der Waals surface area contributed by atoms with Crippen molar-refractivity contribution < 1.29 is 13.9 Å². The van der Waals surface area contributed by atoms with Crippen LogP contribution in [0.25, 0.3) is 11.5 Å². The minimum Gasteiger partial charge on any atom is -0.460 e. The van der Waals surface area contributed by atoms with Crippen molar-refractivity contribution in [2.75, 3.05) is 6.61 Å². The van der Waals surface area contributed by atoms with E-state index in [1.165, 1.54) is 11.3 Å². The Kier molecular flexibility index (Phi) is 4.01. The molecule has 7 heteroatoms. The predicted octanol–water partition coefficient (Wildman–Crippen LogP) is 4.98. The SMILES string of the molecule is CCOC(=O)c1oc(-c2cc(Br)sc2Br)nc1C1CC1. The second-order valence-electron chi connectivity index (χ2n) is 4.47. The Labute approximate surface area is 136 Å². The van der Waals surface area contributed by atoms with Crippen molar-refractivity contribution in [3.63, 3.8) is 0 Å². The van der Waals surface area contributed by atoms with Crippen molar-refractivity contribution in [2.45, 2.75) is 25.7 Å². The van der Waals surface area contributed by atoms with Gasteiger partial charge in [-0.25, -0.2) is 9.78 Å². The second kappa shape index (κ2) is 5.61. The van der Waals surface area contributed by atoms with Gasteiger partial charge < -0.3 is 9.15 Å². The number of aromatic nitrogens is 1. The Balaban J connectivity index is 2.03. The van der Waals surface area contributed by atoms with Crippen LogP contribution >= 0.6 is 43.2 Å². The van der Waals surface area contributed by atoms with E-state index in [0.29, 0.717) is 18.4 Å². The molecule has 0 aliphatic heterocycles.